The summed E-state index contributed by atoms with van der Waals surface area (Å²) in [5.41, 5.74) is 1.78. The molecule has 0 aromatic heterocycles. The van der Waals surface area contributed by atoms with Crippen LogP contribution in [0.3, 0.4) is 0 Å². The summed E-state index contributed by atoms with van der Waals surface area (Å²) in [5, 5.41) is 0.637. The third-order valence-corrected chi connectivity index (χ3v) is 3.42. The van der Waals surface area contributed by atoms with Crippen LogP contribution in [0.2, 0.25) is 5.02 Å². The first-order chi connectivity index (χ1) is 9.56. The quantitative estimate of drug-likeness (QED) is 0.833. The molecule has 20 heavy (non-hydrogen) atoms. The van der Waals surface area contributed by atoms with Gasteiger partial charge in [-0.15, -0.1) is 0 Å². The first-order valence-electron chi connectivity index (χ1n) is 6.29. The maximum absolute atomic E-state index is 12.9. The van der Waals surface area contributed by atoms with Gasteiger partial charge in [-0.3, -0.25) is 4.79 Å². The molecule has 0 bridgehead atoms. The molecular formula is C16H15ClFNO. The highest BCUT2D eigenvalue weighted by Crippen LogP contribution is 2.18. The van der Waals surface area contributed by atoms with Crippen molar-refractivity contribution in [1.29, 1.82) is 0 Å². The lowest BCUT2D eigenvalue weighted by molar-refractivity contribution is -0.130. The van der Waals surface area contributed by atoms with E-state index in [4.69, 9.17) is 11.6 Å². The van der Waals surface area contributed by atoms with E-state index in [1.165, 1.54) is 19.1 Å². The molecule has 2 rings (SSSR count). The SMILES string of the molecule is CC(=O)N(Cc1ccc(F)cc1)Cc1ccccc1Cl. The van der Waals surface area contributed by atoms with Gasteiger partial charge in [0.1, 0.15) is 5.82 Å². The zero-order valence-corrected chi connectivity index (χ0v) is 11.9. The van der Waals surface area contributed by atoms with Gasteiger partial charge in [0.15, 0.2) is 0 Å². The number of carbonyl (C=O) groups is 1. The van der Waals surface area contributed by atoms with Crippen LogP contribution in [0.5, 0.6) is 0 Å². The molecule has 0 fully saturated rings. The van der Waals surface area contributed by atoms with Gasteiger partial charge in [-0.1, -0.05) is 41.9 Å². The molecule has 1 amide bonds. The van der Waals surface area contributed by atoms with Crippen molar-refractivity contribution in [2.45, 2.75) is 20.0 Å². The van der Waals surface area contributed by atoms with Crippen LogP contribution in [0.15, 0.2) is 48.5 Å². The summed E-state index contributed by atoms with van der Waals surface area (Å²) < 4.78 is 12.9. The fraction of sp³-hybridized carbons (Fsp3) is 0.188. The van der Waals surface area contributed by atoms with Gasteiger partial charge in [-0.25, -0.2) is 4.39 Å². The Morgan fingerprint density at radius 2 is 1.75 bits per heavy atom. The minimum Gasteiger partial charge on any atom is -0.334 e. The molecular weight excluding hydrogens is 277 g/mol. The minimum absolute atomic E-state index is 0.0470. The average Bonchev–Trinajstić information content (AvgIpc) is 2.42. The van der Waals surface area contributed by atoms with Crippen LogP contribution >= 0.6 is 11.6 Å². The van der Waals surface area contributed by atoms with E-state index in [2.05, 4.69) is 0 Å². The first-order valence-corrected chi connectivity index (χ1v) is 6.67. The number of halogens is 2. The molecule has 0 spiro atoms. The van der Waals surface area contributed by atoms with E-state index in [1.807, 2.05) is 18.2 Å². The van der Waals surface area contributed by atoms with Gasteiger partial charge in [0.25, 0.3) is 0 Å². The largest absolute Gasteiger partial charge is 0.334 e. The molecule has 0 saturated heterocycles. The number of carbonyl (C=O) groups excluding carboxylic acids is 1. The molecule has 0 aliphatic carbocycles. The lowest BCUT2D eigenvalue weighted by Gasteiger charge is -2.22. The summed E-state index contributed by atoms with van der Waals surface area (Å²) in [5.74, 6) is -0.330. The Morgan fingerprint density at radius 3 is 2.35 bits per heavy atom. The van der Waals surface area contributed by atoms with Crippen LogP contribution in [0.1, 0.15) is 18.1 Å². The molecule has 2 aromatic carbocycles. The maximum Gasteiger partial charge on any atom is 0.220 e. The van der Waals surface area contributed by atoms with E-state index in [9.17, 15) is 9.18 Å². The van der Waals surface area contributed by atoms with Crippen molar-refractivity contribution in [3.8, 4) is 0 Å². The molecule has 2 nitrogen and oxygen atoms in total. The summed E-state index contributed by atoms with van der Waals surface area (Å²) >= 11 is 6.11. The van der Waals surface area contributed by atoms with E-state index in [1.54, 1.807) is 23.1 Å². The second-order valence-corrected chi connectivity index (χ2v) is 5.00. The van der Waals surface area contributed by atoms with Gasteiger partial charge in [0, 0.05) is 25.0 Å². The van der Waals surface area contributed by atoms with Crippen molar-refractivity contribution < 1.29 is 9.18 Å². The number of amides is 1. The lowest BCUT2D eigenvalue weighted by atomic mass is 10.1. The molecule has 0 unspecified atom stereocenters. The van der Waals surface area contributed by atoms with Crippen LogP contribution in [-0.4, -0.2) is 10.8 Å². The van der Waals surface area contributed by atoms with E-state index in [0.717, 1.165) is 11.1 Å². The molecule has 0 saturated carbocycles. The Kier molecular flexibility index (Phi) is 4.74. The molecule has 0 N–H and O–H groups in total. The van der Waals surface area contributed by atoms with Gasteiger partial charge in [0.2, 0.25) is 5.91 Å². The average molecular weight is 292 g/mol. The number of hydrogen-bond donors (Lipinski definition) is 0. The zero-order chi connectivity index (χ0) is 14.5. The van der Waals surface area contributed by atoms with Crippen molar-refractivity contribution >= 4 is 17.5 Å². The summed E-state index contributed by atoms with van der Waals surface area (Å²) in [6, 6.07) is 13.6. The molecule has 0 aliphatic heterocycles. The van der Waals surface area contributed by atoms with E-state index in [0.29, 0.717) is 18.1 Å². The second-order valence-electron chi connectivity index (χ2n) is 4.59. The van der Waals surface area contributed by atoms with Crippen molar-refractivity contribution in [3.63, 3.8) is 0 Å². The van der Waals surface area contributed by atoms with Crippen molar-refractivity contribution in [2.24, 2.45) is 0 Å². The van der Waals surface area contributed by atoms with Gasteiger partial charge in [0.05, 0.1) is 0 Å². The highest BCUT2D eigenvalue weighted by molar-refractivity contribution is 6.31. The summed E-state index contributed by atoms with van der Waals surface area (Å²) in [7, 11) is 0. The minimum atomic E-state index is -0.283. The highest BCUT2D eigenvalue weighted by atomic mass is 35.5. The predicted octanol–water partition coefficient (Wildman–Crippen LogP) is 4.03. The third-order valence-electron chi connectivity index (χ3n) is 3.05. The van der Waals surface area contributed by atoms with Crippen LogP contribution in [0.4, 0.5) is 4.39 Å². The number of nitrogens with zero attached hydrogens (tertiary/aromatic N) is 1. The lowest BCUT2D eigenvalue weighted by Crippen LogP contribution is -2.27. The zero-order valence-electron chi connectivity index (χ0n) is 11.1. The van der Waals surface area contributed by atoms with Gasteiger partial charge in [-0.05, 0) is 29.3 Å². The van der Waals surface area contributed by atoms with Crippen molar-refractivity contribution in [3.05, 3.63) is 70.5 Å². The van der Waals surface area contributed by atoms with Gasteiger partial charge < -0.3 is 4.90 Å². The summed E-state index contributed by atoms with van der Waals surface area (Å²) in [4.78, 5) is 13.4. The molecule has 0 heterocycles. The molecule has 0 radical (unpaired) electrons. The van der Waals surface area contributed by atoms with Crippen LogP contribution < -0.4 is 0 Å². The molecule has 2 aromatic rings. The maximum atomic E-state index is 12.9. The van der Waals surface area contributed by atoms with Crippen LogP contribution in [-0.2, 0) is 17.9 Å². The predicted molar refractivity (Wildman–Crippen MR) is 77.8 cm³/mol. The molecule has 0 atom stereocenters. The fourth-order valence-electron chi connectivity index (χ4n) is 1.92. The summed E-state index contributed by atoms with van der Waals surface area (Å²) in [6.45, 7) is 2.38. The van der Waals surface area contributed by atoms with E-state index >= 15 is 0 Å². The van der Waals surface area contributed by atoms with Gasteiger partial charge in [-0.2, -0.15) is 0 Å². The Hall–Kier alpha value is -1.87. The molecule has 4 heteroatoms. The monoisotopic (exact) mass is 291 g/mol. The van der Waals surface area contributed by atoms with E-state index < -0.39 is 0 Å². The smallest absolute Gasteiger partial charge is 0.220 e. The third kappa shape index (κ3) is 3.81. The first kappa shape index (κ1) is 14.5. The van der Waals surface area contributed by atoms with Gasteiger partial charge >= 0.3 is 0 Å². The van der Waals surface area contributed by atoms with Crippen LogP contribution in [0, 0.1) is 5.82 Å². The van der Waals surface area contributed by atoms with E-state index in [-0.39, 0.29) is 11.7 Å². The Morgan fingerprint density at radius 1 is 1.10 bits per heavy atom. The number of hydrogen-bond acceptors (Lipinski definition) is 1. The Balaban J connectivity index is 2.14. The molecule has 104 valence electrons. The molecule has 0 aliphatic rings. The number of benzene rings is 2. The fourth-order valence-corrected chi connectivity index (χ4v) is 2.12. The van der Waals surface area contributed by atoms with Crippen molar-refractivity contribution in [2.75, 3.05) is 0 Å². The Bertz CT molecular complexity index is 598. The summed E-state index contributed by atoms with van der Waals surface area (Å²) in [6.07, 6.45) is 0. The Labute approximate surface area is 122 Å². The van der Waals surface area contributed by atoms with Crippen molar-refractivity contribution in [1.82, 2.24) is 4.90 Å². The normalized spacial score (nSPS) is 10.3. The second kappa shape index (κ2) is 6.53. The highest BCUT2D eigenvalue weighted by Gasteiger charge is 2.12. The standard InChI is InChI=1S/C16H15ClFNO/c1-12(20)19(10-13-6-8-15(18)9-7-13)11-14-4-2-3-5-16(14)17/h2-9H,10-11H2,1H3. The van der Waals surface area contributed by atoms with Crippen LogP contribution in [0.25, 0.3) is 0 Å². The topological polar surface area (TPSA) is 20.3 Å². The number of rotatable bonds is 4.